The summed E-state index contributed by atoms with van der Waals surface area (Å²) in [6.07, 6.45) is 1.90. The van der Waals surface area contributed by atoms with Crippen molar-refractivity contribution < 1.29 is 9.53 Å². The Balaban J connectivity index is 2.52. The van der Waals surface area contributed by atoms with Gasteiger partial charge < -0.3 is 10.1 Å². The summed E-state index contributed by atoms with van der Waals surface area (Å²) in [5.41, 5.74) is 0.803. The number of hydrogen-bond donors (Lipinski definition) is 1. The van der Waals surface area contributed by atoms with Crippen LogP contribution in [0.3, 0.4) is 0 Å². The Kier molecular flexibility index (Phi) is 5.04. The summed E-state index contributed by atoms with van der Waals surface area (Å²) in [7, 11) is 0. The molecule has 0 radical (unpaired) electrons. The van der Waals surface area contributed by atoms with E-state index in [0.29, 0.717) is 12.4 Å². The van der Waals surface area contributed by atoms with Gasteiger partial charge >= 0.3 is 0 Å². The number of benzene rings is 1. The second-order valence-electron chi connectivity index (χ2n) is 2.94. The molecule has 0 fully saturated rings. The van der Waals surface area contributed by atoms with Gasteiger partial charge in [-0.2, -0.15) is 11.8 Å². The minimum Gasteiger partial charge on any atom is -0.494 e. The fourth-order valence-electron chi connectivity index (χ4n) is 1.13. The van der Waals surface area contributed by atoms with Crippen LogP contribution in [0, 0.1) is 0 Å². The summed E-state index contributed by atoms with van der Waals surface area (Å²) in [4.78, 5) is 11.3. The van der Waals surface area contributed by atoms with Crippen molar-refractivity contribution >= 4 is 23.4 Å². The first-order valence-electron chi connectivity index (χ1n) is 4.78. The lowest BCUT2D eigenvalue weighted by Gasteiger charge is -2.06. The molecule has 0 heterocycles. The van der Waals surface area contributed by atoms with Gasteiger partial charge in [0.05, 0.1) is 12.4 Å². The van der Waals surface area contributed by atoms with Crippen molar-refractivity contribution in [1.82, 2.24) is 0 Å². The van der Waals surface area contributed by atoms with E-state index in [4.69, 9.17) is 4.74 Å². The van der Waals surface area contributed by atoms with Crippen LogP contribution in [-0.2, 0) is 4.79 Å². The number of carbonyl (C=O) groups excluding carboxylic acids is 1. The number of ether oxygens (including phenoxy) is 1. The highest BCUT2D eigenvalue weighted by Crippen LogP contribution is 2.15. The summed E-state index contributed by atoms with van der Waals surface area (Å²) >= 11 is 1.50. The van der Waals surface area contributed by atoms with E-state index < -0.39 is 0 Å². The number of anilines is 1. The van der Waals surface area contributed by atoms with Crippen LogP contribution in [-0.4, -0.2) is 24.5 Å². The van der Waals surface area contributed by atoms with Crippen LogP contribution in [0.25, 0.3) is 0 Å². The van der Waals surface area contributed by atoms with Crippen molar-refractivity contribution in [2.24, 2.45) is 0 Å². The predicted molar refractivity (Wildman–Crippen MR) is 64.6 cm³/mol. The molecule has 82 valence electrons. The second kappa shape index (κ2) is 6.35. The van der Waals surface area contributed by atoms with Crippen molar-refractivity contribution in [2.45, 2.75) is 6.92 Å². The molecule has 0 atom stereocenters. The molecule has 0 aliphatic carbocycles. The number of carbonyl (C=O) groups is 1. The molecule has 1 rings (SSSR count). The van der Waals surface area contributed by atoms with Gasteiger partial charge in [-0.15, -0.1) is 0 Å². The summed E-state index contributed by atoms with van der Waals surface area (Å²) < 4.78 is 5.30. The third-order valence-corrected chi connectivity index (χ3v) is 2.28. The molecule has 3 nitrogen and oxygen atoms in total. The smallest absolute Gasteiger partial charge is 0.234 e. The van der Waals surface area contributed by atoms with Gasteiger partial charge in [-0.25, -0.2) is 0 Å². The topological polar surface area (TPSA) is 38.3 Å². The molecule has 0 bridgehead atoms. The molecule has 0 spiro atoms. The van der Waals surface area contributed by atoms with Gasteiger partial charge in [0.1, 0.15) is 5.75 Å². The number of amides is 1. The Labute approximate surface area is 94.2 Å². The van der Waals surface area contributed by atoms with Crippen LogP contribution in [0.1, 0.15) is 6.92 Å². The van der Waals surface area contributed by atoms with E-state index >= 15 is 0 Å². The average Bonchev–Trinajstić information content (AvgIpc) is 2.22. The van der Waals surface area contributed by atoms with Gasteiger partial charge in [0.2, 0.25) is 5.91 Å². The Bertz CT molecular complexity index is 311. The van der Waals surface area contributed by atoms with Gasteiger partial charge in [-0.05, 0) is 37.4 Å². The van der Waals surface area contributed by atoms with E-state index in [1.807, 2.05) is 37.4 Å². The lowest BCUT2D eigenvalue weighted by atomic mass is 10.3. The largest absolute Gasteiger partial charge is 0.494 e. The molecule has 4 heteroatoms. The molecule has 0 unspecified atom stereocenters. The van der Waals surface area contributed by atoms with E-state index in [1.165, 1.54) is 11.8 Å². The van der Waals surface area contributed by atoms with Crippen molar-refractivity contribution in [3.8, 4) is 5.75 Å². The quantitative estimate of drug-likeness (QED) is 0.836. The molecule has 1 aromatic rings. The fraction of sp³-hybridized carbons (Fsp3) is 0.364. The van der Waals surface area contributed by atoms with Crippen molar-refractivity contribution in [3.05, 3.63) is 24.3 Å². The fourth-order valence-corrected chi connectivity index (χ4v) is 1.46. The van der Waals surface area contributed by atoms with Crippen LogP contribution in [0.5, 0.6) is 5.75 Å². The van der Waals surface area contributed by atoms with Crippen LogP contribution in [0.4, 0.5) is 5.69 Å². The number of thioether (sulfide) groups is 1. The second-order valence-corrected chi connectivity index (χ2v) is 3.80. The van der Waals surface area contributed by atoms with Crippen molar-refractivity contribution in [1.29, 1.82) is 0 Å². The van der Waals surface area contributed by atoms with E-state index in [9.17, 15) is 4.79 Å². The maximum Gasteiger partial charge on any atom is 0.234 e. The number of rotatable bonds is 5. The molecule has 1 N–H and O–H groups in total. The summed E-state index contributed by atoms with van der Waals surface area (Å²) in [5.74, 6) is 1.32. The summed E-state index contributed by atoms with van der Waals surface area (Å²) in [5, 5.41) is 2.80. The van der Waals surface area contributed by atoms with Crippen molar-refractivity contribution in [3.63, 3.8) is 0 Å². The first kappa shape index (κ1) is 11.9. The number of nitrogens with one attached hydrogen (secondary N) is 1. The zero-order chi connectivity index (χ0) is 11.1. The molecule has 15 heavy (non-hydrogen) atoms. The SMILES string of the molecule is CCOc1ccc(NC(=O)CSC)cc1. The zero-order valence-corrected chi connectivity index (χ0v) is 9.76. The van der Waals surface area contributed by atoms with Gasteiger partial charge in [0.15, 0.2) is 0 Å². The molecule has 1 aromatic carbocycles. The molecule has 0 aromatic heterocycles. The highest BCUT2D eigenvalue weighted by molar-refractivity contribution is 7.99. The van der Waals surface area contributed by atoms with Crippen LogP contribution >= 0.6 is 11.8 Å². The Hall–Kier alpha value is -1.16. The lowest BCUT2D eigenvalue weighted by molar-refractivity contribution is -0.113. The van der Waals surface area contributed by atoms with Crippen LogP contribution in [0.15, 0.2) is 24.3 Å². The first-order chi connectivity index (χ1) is 7.26. The molecule has 1 amide bonds. The van der Waals surface area contributed by atoms with Gasteiger partial charge in [-0.1, -0.05) is 0 Å². The number of hydrogen-bond acceptors (Lipinski definition) is 3. The highest BCUT2D eigenvalue weighted by Gasteiger charge is 2.00. The standard InChI is InChI=1S/C11H15NO2S/c1-3-14-10-6-4-9(5-7-10)12-11(13)8-15-2/h4-7H,3,8H2,1-2H3,(H,12,13). The minimum absolute atomic E-state index is 0.0201. The van der Waals surface area contributed by atoms with Gasteiger partial charge in [-0.3, -0.25) is 4.79 Å². The Morgan fingerprint density at radius 3 is 2.60 bits per heavy atom. The van der Waals surface area contributed by atoms with Crippen LogP contribution < -0.4 is 10.1 Å². The molecule has 0 saturated carbocycles. The predicted octanol–water partition coefficient (Wildman–Crippen LogP) is 2.39. The summed E-state index contributed by atoms with van der Waals surface area (Å²) in [6, 6.07) is 7.36. The van der Waals surface area contributed by atoms with Gasteiger partial charge in [0, 0.05) is 5.69 Å². The maximum absolute atomic E-state index is 11.3. The first-order valence-corrected chi connectivity index (χ1v) is 6.17. The Morgan fingerprint density at radius 2 is 2.07 bits per heavy atom. The van der Waals surface area contributed by atoms with Crippen LogP contribution in [0.2, 0.25) is 0 Å². The van der Waals surface area contributed by atoms with E-state index in [1.54, 1.807) is 0 Å². The van der Waals surface area contributed by atoms with Crippen molar-refractivity contribution in [2.75, 3.05) is 23.9 Å². The molecule has 0 aliphatic heterocycles. The molecular formula is C11H15NO2S. The third-order valence-electron chi connectivity index (χ3n) is 1.72. The minimum atomic E-state index is 0.0201. The van der Waals surface area contributed by atoms with E-state index in [0.717, 1.165) is 11.4 Å². The van der Waals surface area contributed by atoms with Gasteiger partial charge in [0.25, 0.3) is 0 Å². The summed E-state index contributed by atoms with van der Waals surface area (Å²) in [6.45, 7) is 2.59. The lowest BCUT2D eigenvalue weighted by Crippen LogP contribution is -2.13. The molecule has 0 aliphatic rings. The average molecular weight is 225 g/mol. The van der Waals surface area contributed by atoms with E-state index in [2.05, 4.69) is 5.32 Å². The Morgan fingerprint density at radius 1 is 1.40 bits per heavy atom. The zero-order valence-electron chi connectivity index (χ0n) is 8.95. The monoisotopic (exact) mass is 225 g/mol. The highest BCUT2D eigenvalue weighted by atomic mass is 32.2. The molecule has 0 saturated heterocycles. The normalized spacial score (nSPS) is 9.73. The third kappa shape index (κ3) is 4.25. The molecular weight excluding hydrogens is 210 g/mol. The maximum atomic E-state index is 11.3. The van der Waals surface area contributed by atoms with E-state index in [-0.39, 0.29) is 5.91 Å².